The number of nitrogens with zero attached hydrogens (tertiary/aromatic N) is 1. The zero-order valence-electron chi connectivity index (χ0n) is 18.7. The van der Waals surface area contributed by atoms with E-state index in [-0.39, 0.29) is 24.0 Å². The number of benzene rings is 1. The van der Waals surface area contributed by atoms with Crippen LogP contribution in [0.15, 0.2) is 18.2 Å². The zero-order chi connectivity index (χ0) is 22.8. The highest BCUT2D eigenvalue weighted by atomic mass is 16.6. The molecule has 0 saturated carbocycles. The van der Waals surface area contributed by atoms with Crippen molar-refractivity contribution in [2.75, 3.05) is 40.0 Å². The molecule has 0 aliphatic carbocycles. The molecular weight excluding hydrogens is 412 g/mol. The molecule has 170 valence electrons. The third-order valence-electron chi connectivity index (χ3n) is 6.26. The summed E-state index contributed by atoms with van der Waals surface area (Å²) in [5.74, 6) is 0.793. The number of aromatic nitrogens is 1. The molecule has 8 heteroatoms. The Balaban J connectivity index is 1.36. The lowest BCUT2D eigenvalue weighted by Gasteiger charge is -2.30. The lowest BCUT2D eigenvalue weighted by molar-refractivity contribution is 0.0599. The number of carbonyl (C=O) groups is 3. The molecule has 32 heavy (non-hydrogen) atoms. The number of likely N-dealkylation sites (tertiary alicyclic amines) is 1. The molecule has 0 radical (unpaired) electrons. The highest BCUT2D eigenvalue weighted by molar-refractivity contribution is 6.02. The highest BCUT2D eigenvalue weighted by Crippen LogP contribution is 2.32. The molecule has 1 aromatic carbocycles. The lowest BCUT2D eigenvalue weighted by Crippen LogP contribution is -2.39. The van der Waals surface area contributed by atoms with Gasteiger partial charge in [0.1, 0.15) is 13.2 Å². The summed E-state index contributed by atoms with van der Waals surface area (Å²) in [4.78, 5) is 42.9. The van der Waals surface area contributed by atoms with Crippen molar-refractivity contribution in [2.45, 2.75) is 26.7 Å². The van der Waals surface area contributed by atoms with Gasteiger partial charge in [-0.1, -0.05) is 0 Å². The summed E-state index contributed by atoms with van der Waals surface area (Å²) in [5, 5.41) is 0. The van der Waals surface area contributed by atoms with Gasteiger partial charge in [0.2, 0.25) is 0 Å². The van der Waals surface area contributed by atoms with Gasteiger partial charge in [-0.3, -0.25) is 14.5 Å². The van der Waals surface area contributed by atoms with Crippen molar-refractivity contribution >= 4 is 17.5 Å². The van der Waals surface area contributed by atoms with Crippen molar-refractivity contribution in [2.24, 2.45) is 5.92 Å². The van der Waals surface area contributed by atoms with E-state index < -0.39 is 5.97 Å². The van der Waals surface area contributed by atoms with Crippen LogP contribution in [0.5, 0.6) is 11.5 Å². The van der Waals surface area contributed by atoms with Gasteiger partial charge in [0.25, 0.3) is 0 Å². The molecule has 0 bridgehead atoms. The molecule has 2 aromatic rings. The van der Waals surface area contributed by atoms with Crippen LogP contribution in [0.2, 0.25) is 0 Å². The van der Waals surface area contributed by atoms with Crippen LogP contribution in [0, 0.1) is 19.8 Å². The quantitative estimate of drug-likeness (QED) is 0.545. The van der Waals surface area contributed by atoms with Crippen LogP contribution in [0.3, 0.4) is 0 Å². The normalized spacial score (nSPS) is 16.6. The van der Waals surface area contributed by atoms with Crippen LogP contribution < -0.4 is 9.47 Å². The van der Waals surface area contributed by atoms with Gasteiger partial charge in [-0.2, -0.15) is 0 Å². The molecule has 0 unspecified atom stereocenters. The fourth-order valence-corrected chi connectivity index (χ4v) is 4.50. The van der Waals surface area contributed by atoms with E-state index in [0.717, 1.165) is 0 Å². The number of Topliss-reactive ketones (excluding diaryl/α,β-unsaturated/α-hetero) is 2. The predicted octanol–water partition coefficient (Wildman–Crippen LogP) is 2.97. The zero-order valence-corrected chi connectivity index (χ0v) is 18.7. The number of hydrogen-bond donors (Lipinski definition) is 1. The van der Waals surface area contributed by atoms with E-state index in [9.17, 15) is 14.4 Å². The number of ketones is 2. The van der Waals surface area contributed by atoms with Gasteiger partial charge in [-0.05, 0) is 63.5 Å². The molecule has 3 heterocycles. The summed E-state index contributed by atoms with van der Waals surface area (Å²) in [5.41, 5.74) is 2.73. The summed E-state index contributed by atoms with van der Waals surface area (Å²) in [6, 6.07) is 5.35. The SMILES string of the molecule is COC(=O)c1c(C)[nH]c(C(=O)CN2CCC(C(=O)c3ccc4c(c3)OCCO4)CC2)c1C. The molecular formula is C24H28N2O6. The van der Waals surface area contributed by atoms with E-state index in [0.29, 0.717) is 78.7 Å². The van der Waals surface area contributed by atoms with Crippen molar-refractivity contribution in [1.29, 1.82) is 0 Å². The van der Waals surface area contributed by atoms with Gasteiger partial charge in [0, 0.05) is 17.2 Å². The molecule has 0 amide bonds. The minimum absolute atomic E-state index is 0.0719. The first-order valence-electron chi connectivity index (χ1n) is 10.9. The number of carbonyl (C=O) groups excluding carboxylic acids is 3. The smallest absolute Gasteiger partial charge is 0.339 e. The fourth-order valence-electron chi connectivity index (χ4n) is 4.50. The first kappa shape index (κ1) is 22.1. The van der Waals surface area contributed by atoms with Crippen LogP contribution in [0.25, 0.3) is 0 Å². The molecule has 2 aliphatic rings. The van der Waals surface area contributed by atoms with E-state index in [4.69, 9.17) is 14.2 Å². The Morgan fingerprint density at radius 3 is 2.47 bits per heavy atom. The van der Waals surface area contributed by atoms with Crippen LogP contribution in [-0.2, 0) is 4.74 Å². The van der Waals surface area contributed by atoms with Crippen LogP contribution >= 0.6 is 0 Å². The number of fused-ring (bicyclic) bond motifs is 1. The number of aromatic amines is 1. The largest absolute Gasteiger partial charge is 0.486 e. The maximum atomic E-state index is 13.0. The highest BCUT2D eigenvalue weighted by Gasteiger charge is 2.29. The molecule has 0 spiro atoms. The van der Waals surface area contributed by atoms with Crippen molar-refractivity contribution in [3.63, 3.8) is 0 Å². The number of hydrogen-bond acceptors (Lipinski definition) is 7. The van der Waals surface area contributed by atoms with Crippen molar-refractivity contribution in [3.05, 3.63) is 46.3 Å². The Bertz CT molecular complexity index is 1050. The van der Waals surface area contributed by atoms with E-state index in [1.54, 1.807) is 32.0 Å². The third kappa shape index (κ3) is 4.27. The van der Waals surface area contributed by atoms with Gasteiger partial charge >= 0.3 is 5.97 Å². The maximum absolute atomic E-state index is 13.0. The standard InChI is InChI=1S/C24H28N2O6/c1-14-21(24(29)30-3)15(2)25-22(14)18(27)13-26-8-6-16(7-9-26)23(28)17-4-5-19-20(12-17)32-11-10-31-19/h4-5,12,16,25H,6-11,13H2,1-3H3. The van der Waals surface area contributed by atoms with Crippen LogP contribution in [0.1, 0.15) is 55.3 Å². The summed E-state index contributed by atoms with van der Waals surface area (Å²) < 4.78 is 15.9. The van der Waals surface area contributed by atoms with E-state index in [1.165, 1.54) is 7.11 Å². The number of rotatable bonds is 6. The number of ether oxygens (including phenoxy) is 3. The Morgan fingerprint density at radius 2 is 1.78 bits per heavy atom. The molecule has 1 aromatic heterocycles. The molecule has 1 fully saturated rings. The van der Waals surface area contributed by atoms with E-state index in [1.807, 2.05) is 0 Å². The number of nitrogens with one attached hydrogen (secondary N) is 1. The topological polar surface area (TPSA) is 97.9 Å². The minimum atomic E-state index is -0.450. The lowest BCUT2D eigenvalue weighted by atomic mass is 9.88. The van der Waals surface area contributed by atoms with Crippen molar-refractivity contribution < 1.29 is 28.6 Å². The third-order valence-corrected chi connectivity index (χ3v) is 6.26. The van der Waals surface area contributed by atoms with Crippen LogP contribution in [-0.4, -0.2) is 67.4 Å². The molecule has 2 aliphatic heterocycles. The second kappa shape index (κ2) is 9.16. The van der Waals surface area contributed by atoms with Gasteiger partial charge < -0.3 is 19.2 Å². The first-order chi connectivity index (χ1) is 15.4. The second-order valence-corrected chi connectivity index (χ2v) is 8.31. The Labute approximate surface area is 186 Å². The van der Waals surface area contributed by atoms with Crippen molar-refractivity contribution in [3.8, 4) is 11.5 Å². The Hall–Kier alpha value is -3.13. The van der Waals surface area contributed by atoms with Gasteiger partial charge in [0.05, 0.1) is 24.9 Å². The average molecular weight is 440 g/mol. The molecule has 1 saturated heterocycles. The summed E-state index contributed by atoms with van der Waals surface area (Å²) in [6.45, 7) is 6.07. The fraction of sp³-hybridized carbons (Fsp3) is 0.458. The number of esters is 1. The number of H-pyrrole nitrogens is 1. The predicted molar refractivity (Wildman–Crippen MR) is 117 cm³/mol. The van der Waals surface area contributed by atoms with E-state index in [2.05, 4.69) is 9.88 Å². The molecule has 1 N–H and O–H groups in total. The Kier molecular flexibility index (Phi) is 6.32. The average Bonchev–Trinajstić information content (AvgIpc) is 3.12. The minimum Gasteiger partial charge on any atom is -0.486 e. The molecule has 0 atom stereocenters. The summed E-state index contributed by atoms with van der Waals surface area (Å²) in [7, 11) is 1.33. The number of piperidine rings is 1. The van der Waals surface area contributed by atoms with Crippen molar-refractivity contribution in [1.82, 2.24) is 9.88 Å². The van der Waals surface area contributed by atoms with Gasteiger partial charge in [0.15, 0.2) is 23.1 Å². The second-order valence-electron chi connectivity index (χ2n) is 8.31. The summed E-state index contributed by atoms with van der Waals surface area (Å²) >= 11 is 0. The Morgan fingerprint density at radius 1 is 1.09 bits per heavy atom. The van der Waals surface area contributed by atoms with Gasteiger partial charge in [-0.15, -0.1) is 0 Å². The maximum Gasteiger partial charge on any atom is 0.339 e. The number of methoxy groups -OCH3 is 1. The molecule has 4 rings (SSSR count). The van der Waals surface area contributed by atoms with Gasteiger partial charge in [-0.25, -0.2) is 4.79 Å². The molecule has 8 nitrogen and oxygen atoms in total. The monoisotopic (exact) mass is 440 g/mol. The summed E-state index contributed by atoms with van der Waals surface area (Å²) in [6.07, 6.45) is 1.38. The van der Waals surface area contributed by atoms with E-state index >= 15 is 0 Å². The number of aryl methyl sites for hydroxylation is 1. The van der Waals surface area contributed by atoms with Crippen LogP contribution in [0.4, 0.5) is 0 Å². The first-order valence-corrected chi connectivity index (χ1v) is 10.9.